The maximum Gasteiger partial charge on any atom is 0.0486 e. The van der Waals surface area contributed by atoms with Crippen LogP contribution in [0.25, 0.3) is 0 Å². The normalized spacial score (nSPS) is 17.8. The fourth-order valence-corrected chi connectivity index (χ4v) is 1.80. The third-order valence-corrected chi connectivity index (χ3v) is 2.69. The van der Waals surface area contributed by atoms with E-state index >= 15 is 0 Å². The molecule has 0 saturated heterocycles. The molecule has 0 aromatic heterocycles. The first-order valence-electron chi connectivity index (χ1n) is 3.92. The average Bonchev–Trinajstić information content (AvgIpc) is 2.04. The highest BCUT2D eigenvalue weighted by Crippen LogP contribution is 2.17. The molecule has 0 aliphatic rings. The summed E-state index contributed by atoms with van der Waals surface area (Å²) in [7, 11) is 0. The molecule has 1 rings (SSSR count). The third kappa shape index (κ3) is 2.91. The van der Waals surface area contributed by atoms with Gasteiger partial charge in [-0.25, -0.2) is 0 Å². The summed E-state index contributed by atoms with van der Waals surface area (Å²) in [5, 5.41) is 0. The van der Waals surface area contributed by atoms with Crippen LogP contribution in [0.4, 0.5) is 0 Å². The Kier molecular flexibility index (Phi) is 3.19. The van der Waals surface area contributed by atoms with Gasteiger partial charge in [0.1, 0.15) is 0 Å². The Balaban J connectivity index is 2.87. The Morgan fingerprint density at radius 1 is 1.46 bits per heavy atom. The predicted octanol–water partition coefficient (Wildman–Crippen LogP) is 0.740. The van der Waals surface area contributed by atoms with Crippen molar-refractivity contribution in [3.63, 3.8) is 0 Å². The van der Waals surface area contributed by atoms with Gasteiger partial charge < -0.3 is 10.3 Å². The van der Waals surface area contributed by atoms with Gasteiger partial charge in [-0.15, -0.1) is 0 Å². The molecule has 1 aromatic carbocycles. The molecule has 2 unspecified atom stereocenters. The molecule has 0 aliphatic heterocycles. The topological polar surface area (TPSA) is 66.2 Å². The molecule has 0 aliphatic carbocycles. The lowest BCUT2D eigenvalue weighted by molar-refractivity contribution is 0.496. The average molecular weight is 198 g/mol. The van der Waals surface area contributed by atoms with Gasteiger partial charge in [-0.2, -0.15) is 0 Å². The van der Waals surface area contributed by atoms with E-state index in [0.717, 1.165) is 5.56 Å². The van der Waals surface area contributed by atoms with Crippen LogP contribution in [0.3, 0.4) is 0 Å². The molecule has 0 radical (unpaired) electrons. The van der Waals surface area contributed by atoms with E-state index in [1.54, 1.807) is 6.92 Å². The van der Waals surface area contributed by atoms with Crippen LogP contribution in [0.5, 0.6) is 0 Å². The molecule has 3 nitrogen and oxygen atoms in total. The quantitative estimate of drug-likeness (QED) is 0.728. The zero-order valence-electron chi connectivity index (χ0n) is 7.40. The van der Waals surface area contributed by atoms with E-state index in [9.17, 15) is 8.76 Å². The minimum absolute atomic E-state index is 0.0585. The van der Waals surface area contributed by atoms with Crippen molar-refractivity contribution in [2.45, 2.75) is 12.5 Å². The minimum Gasteiger partial charge on any atom is -0.772 e. The summed E-state index contributed by atoms with van der Waals surface area (Å²) in [5.74, 6) is -0.0585. The lowest BCUT2D eigenvalue weighted by Crippen LogP contribution is -2.38. The van der Waals surface area contributed by atoms with E-state index in [1.807, 2.05) is 30.3 Å². The number of benzene rings is 1. The second kappa shape index (κ2) is 4.00. The van der Waals surface area contributed by atoms with Gasteiger partial charge in [-0.1, -0.05) is 41.4 Å². The molecule has 1 aromatic rings. The number of nitrogens with two attached hydrogens (primary N) is 1. The van der Waals surface area contributed by atoms with Gasteiger partial charge >= 0.3 is 0 Å². The van der Waals surface area contributed by atoms with Crippen molar-refractivity contribution in [3.8, 4) is 0 Å². The summed E-state index contributed by atoms with van der Waals surface area (Å²) in [6.07, 6.45) is 0. The van der Waals surface area contributed by atoms with E-state index in [0.29, 0.717) is 0 Å². The van der Waals surface area contributed by atoms with Crippen molar-refractivity contribution >= 4 is 11.1 Å². The molecule has 0 amide bonds. The van der Waals surface area contributed by atoms with E-state index in [-0.39, 0.29) is 5.75 Å². The lowest BCUT2D eigenvalue weighted by Gasteiger charge is -2.26. The highest BCUT2D eigenvalue weighted by molar-refractivity contribution is 7.79. The molecule has 4 heteroatoms. The van der Waals surface area contributed by atoms with Gasteiger partial charge in [0.25, 0.3) is 0 Å². The molecule has 0 bridgehead atoms. The summed E-state index contributed by atoms with van der Waals surface area (Å²) in [6, 6.07) is 9.20. The Hall–Kier alpha value is -0.710. The van der Waals surface area contributed by atoms with Gasteiger partial charge in [-0.3, -0.25) is 4.21 Å². The molecule has 13 heavy (non-hydrogen) atoms. The van der Waals surface area contributed by atoms with E-state index in [1.165, 1.54) is 0 Å². The monoisotopic (exact) mass is 198 g/mol. The first-order chi connectivity index (χ1) is 6.02. The van der Waals surface area contributed by atoms with E-state index in [2.05, 4.69) is 0 Å². The predicted molar refractivity (Wildman–Crippen MR) is 51.8 cm³/mol. The van der Waals surface area contributed by atoms with Crippen LogP contribution in [0.1, 0.15) is 12.5 Å². The Labute approximate surface area is 80.2 Å². The van der Waals surface area contributed by atoms with Gasteiger partial charge in [0, 0.05) is 11.3 Å². The second-order valence-corrected chi connectivity index (χ2v) is 4.13. The molecule has 0 fully saturated rings. The minimum atomic E-state index is -2.11. The van der Waals surface area contributed by atoms with Crippen molar-refractivity contribution in [2.24, 2.45) is 5.73 Å². The van der Waals surface area contributed by atoms with Crippen LogP contribution in [0.15, 0.2) is 30.3 Å². The standard InChI is InChI=1S/C9H13NO2S/c1-9(10,7-13(11)12)8-5-3-2-4-6-8/h2-6H,7,10H2,1H3,(H,11,12)/p-1. The first-order valence-corrected chi connectivity index (χ1v) is 5.17. The first kappa shape index (κ1) is 10.4. The second-order valence-electron chi connectivity index (χ2n) is 3.23. The van der Waals surface area contributed by atoms with Crippen molar-refractivity contribution in [1.29, 1.82) is 0 Å². The summed E-state index contributed by atoms with van der Waals surface area (Å²) in [6.45, 7) is 1.71. The molecular weight excluding hydrogens is 186 g/mol. The smallest absolute Gasteiger partial charge is 0.0486 e. The Morgan fingerprint density at radius 2 is 2.00 bits per heavy atom. The van der Waals surface area contributed by atoms with Gasteiger partial charge in [0.15, 0.2) is 0 Å². The van der Waals surface area contributed by atoms with Gasteiger partial charge in [0.2, 0.25) is 0 Å². The number of hydrogen-bond acceptors (Lipinski definition) is 3. The largest absolute Gasteiger partial charge is 0.772 e. The van der Waals surface area contributed by atoms with Gasteiger partial charge in [-0.05, 0) is 12.5 Å². The van der Waals surface area contributed by atoms with Crippen molar-refractivity contribution in [2.75, 3.05) is 5.75 Å². The molecule has 0 saturated carbocycles. The molecular formula is C9H12NO2S-. The van der Waals surface area contributed by atoms with Crippen LogP contribution in [-0.2, 0) is 16.6 Å². The SMILES string of the molecule is CC(N)(CS(=O)[O-])c1ccccc1. The van der Waals surface area contributed by atoms with Crippen molar-refractivity contribution in [1.82, 2.24) is 0 Å². The van der Waals surface area contributed by atoms with Crippen LogP contribution >= 0.6 is 0 Å². The number of hydrogen-bond donors (Lipinski definition) is 1. The van der Waals surface area contributed by atoms with Crippen LogP contribution in [0.2, 0.25) is 0 Å². The van der Waals surface area contributed by atoms with E-state index in [4.69, 9.17) is 5.73 Å². The fourth-order valence-electron chi connectivity index (χ4n) is 1.15. The van der Waals surface area contributed by atoms with Crippen LogP contribution in [0, 0.1) is 0 Å². The van der Waals surface area contributed by atoms with Crippen LogP contribution in [-0.4, -0.2) is 14.5 Å². The zero-order chi connectivity index (χ0) is 9.90. The lowest BCUT2D eigenvalue weighted by atomic mass is 9.96. The van der Waals surface area contributed by atoms with Crippen molar-refractivity contribution in [3.05, 3.63) is 35.9 Å². The molecule has 2 atom stereocenters. The maximum atomic E-state index is 10.5. The maximum absolute atomic E-state index is 10.5. The third-order valence-electron chi connectivity index (χ3n) is 1.85. The van der Waals surface area contributed by atoms with Crippen LogP contribution < -0.4 is 5.73 Å². The van der Waals surface area contributed by atoms with Crippen molar-refractivity contribution < 1.29 is 8.76 Å². The summed E-state index contributed by atoms with van der Waals surface area (Å²) < 4.78 is 21.0. The highest BCUT2D eigenvalue weighted by atomic mass is 32.2. The zero-order valence-corrected chi connectivity index (χ0v) is 8.21. The molecule has 2 N–H and O–H groups in total. The fraction of sp³-hybridized carbons (Fsp3) is 0.333. The molecule has 0 spiro atoms. The highest BCUT2D eigenvalue weighted by Gasteiger charge is 2.20. The summed E-state index contributed by atoms with van der Waals surface area (Å²) in [4.78, 5) is 0. The van der Waals surface area contributed by atoms with E-state index < -0.39 is 16.6 Å². The molecule has 0 heterocycles. The molecule has 72 valence electrons. The Bertz CT molecular complexity index is 298. The summed E-state index contributed by atoms with van der Waals surface area (Å²) >= 11 is -2.11. The number of rotatable bonds is 3. The van der Waals surface area contributed by atoms with Gasteiger partial charge in [0.05, 0.1) is 0 Å². The summed E-state index contributed by atoms with van der Waals surface area (Å²) in [5.41, 5.74) is 5.88. The Morgan fingerprint density at radius 3 is 2.46 bits per heavy atom.